The van der Waals surface area contributed by atoms with Crippen molar-refractivity contribution in [3.8, 4) is 0 Å². The maximum atomic E-state index is 12.3. The Morgan fingerprint density at radius 3 is 2.71 bits per heavy atom. The van der Waals surface area contributed by atoms with E-state index in [1.54, 1.807) is 0 Å². The Labute approximate surface area is 129 Å². The monoisotopic (exact) mass is 376 g/mol. The number of hydrogen-bond acceptors (Lipinski definition) is 4. The van der Waals surface area contributed by atoms with Gasteiger partial charge >= 0.3 is 5.97 Å². The standard InChI is InChI=1S/C12H13BrN2O5S/c13-9-3-1-7(12(17)18)5-10(9)21(19,20)15-8-2-4-11(16)14-6-8/h1,3,5,8,15H,2,4,6H2,(H,14,16)(H,17,18). The molecule has 0 bridgehead atoms. The highest BCUT2D eigenvalue weighted by molar-refractivity contribution is 9.10. The highest BCUT2D eigenvalue weighted by Crippen LogP contribution is 2.24. The number of carboxylic acids is 1. The minimum Gasteiger partial charge on any atom is -0.478 e. The van der Waals surface area contributed by atoms with E-state index in [1.807, 2.05) is 0 Å². The van der Waals surface area contributed by atoms with Gasteiger partial charge in [0.05, 0.1) is 10.5 Å². The number of hydrogen-bond donors (Lipinski definition) is 3. The Balaban J connectivity index is 2.25. The van der Waals surface area contributed by atoms with E-state index >= 15 is 0 Å². The summed E-state index contributed by atoms with van der Waals surface area (Å²) in [5, 5.41) is 11.5. The lowest BCUT2D eigenvalue weighted by Crippen LogP contribution is -2.47. The zero-order valence-corrected chi connectivity index (χ0v) is 13.2. The molecule has 0 aromatic heterocycles. The van der Waals surface area contributed by atoms with Gasteiger partial charge in [-0.15, -0.1) is 0 Å². The van der Waals surface area contributed by atoms with Crippen LogP contribution in [0, 0.1) is 0 Å². The third kappa shape index (κ3) is 3.80. The van der Waals surface area contributed by atoms with Crippen LogP contribution in [0.5, 0.6) is 0 Å². The van der Waals surface area contributed by atoms with Crippen LogP contribution in [0.1, 0.15) is 23.2 Å². The lowest BCUT2D eigenvalue weighted by atomic mass is 10.1. The molecule has 0 radical (unpaired) electrons. The molecule has 1 fully saturated rings. The summed E-state index contributed by atoms with van der Waals surface area (Å²) in [6, 6.07) is 3.37. The molecule has 21 heavy (non-hydrogen) atoms. The minimum absolute atomic E-state index is 0.112. The molecule has 2 rings (SSSR count). The first-order valence-electron chi connectivity index (χ1n) is 6.11. The molecule has 1 aromatic rings. The van der Waals surface area contributed by atoms with Gasteiger partial charge in [-0.3, -0.25) is 4.79 Å². The van der Waals surface area contributed by atoms with Gasteiger partial charge in [-0.05, 0) is 40.5 Å². The molecular weight excluding hydrogens is 364 g/mol. The van der Waals surface area contributed by atoms with Gasteiger partial charge in [0.25, 0.3) is 0 Å². The molecular formula is C12H13BrN2O5S. The Morgan fingerprint density at radius 2 is 2.14 bits per heavy atom. The maximum absolute atomic E-state index is 12.3. The van der Waals surface area contributed by atoms with Crippen LogP contribution in [-0.2, 0) is 14.8 Å². The van der Waals surface area contributed by atoms with Crippen molar-refractivity contribution in [3.63, 3.8) is 0 Å². The molecule has 7 nitrogen and oxygen atoms in total. The van der Waals surface area contributed by atoms with Gasteiger partial charge in [0, 0.05) is 23.5 Å². The van der Waals surface area contributed by atoms with Crippen molar-refractivity contribution in [2.75, 3.05) is 6.54 Å². The van der Waals surface area contributed by atoms with Gasteiger partial charge in [0.15, 0.2) is 0 Å². The summed E-state index contributed by atoms with van der Waals surface area (Å²) >= 11 is 3.11. The Morgan fingerprint density at radius 1 is 1.43 bits per heavy atom. The zero-order valence-electron chi connectivity index (χ0n) is 10.8. The zero-order chi connectivity index (χ0) is 15.6. The number of halogens is 1. The average Bonchev–Trinajstić information content (AvgIpc) is 2.41. The molecule has 1 aliphatic heterocycles. The van der Waals surface area contributed by atoms with Crippen molar-refractivity contribution in [3.05, 3.63) is 28.2 Å². The van der Waals surface area contributed by atoms with Crippen molar-refractivity contribution in [1.29, 1.82) is 0 Å². The van der Waals surface area contributed by atoms with Crippen LogP contribution in [0.25, 0.3) is 0 Å². The lowest BCUT2D eigenvalue weighted by molar-refractivity contribution is -0.122. The summed E-state index contributed by atoms with van der Waals surface area (Å²) in [5.41, 5.74) is -0.115. The molecule has 1 amide bonds. The number of sulfonamides is 1. The van der Waals surface area contributed by atoms with Crippen molar-refractivity contribution in [2.24, 2.45) is 0 Å². The predicted molar refractivity (Wildman–Crippen MR) is 77.5 cm³/mol. The van der Waals surface area contributed by atoms with E-state index in [1.165, 1.54) is 12.1 Å². The second kappa shape index (κ2) is 6.12. The topological polar surface area (TPSA) is 113 Å². The van der Waals surface area contributed by atoms with Crippen LogP contribution < -0.4 is 10.0 Å². The fraction of sp³-hybridized carbons (Fsp3) is 0.333. The van der Waals surface area contributed by atoms with Crippen LogP contribution >= 0.6 is 15.9 Å². The SMILES string of the molecule is O=C1CCC(NS(=O)(=O)c2cc(C(=O)O)ccc2Br)CN1. The third-order valence-electron chi connectivity index (χ3n) is 3.05. The molecule has 1 heterocycles. The van der Waals surface area contributed by atoms with E-state index in [9.17, 15) is 18.0 Å². The Kier molecular flexibility index (Phi) is 4.64. The number of nitrogens with one attached hydrogen (secondary N) is 2. The van der Waals surface area contributed by atoms with Crippen LogP contribution in [0.2, 0.25) is 0 Å². The number of carboxylic acid groups (broad SMARTS) is 1. The number of aromatic carboxylic acids is 1. The van der Waals surface area contributed by atoms with Crippen molar-refractivity contribution in [1.82, 2.24) is 10.0 Å². The second-order valence-electron chi connectivity index (χ2n) is 4.61. The maximum Gasteiger partial charge on any atom is 0.335 e. The molecule has 3 N–H and O–H groups in total. The molecule has 1 aromatic carbocycles. The van der Waals surface area contributed by atoms with E-state index < -0.39 is 22.0 Å². The number of carbonyl (C=O) groups is 2. The van der Waals surface area contributed by atoms with E-state index in [2.05, 4.69) is 26.0 Å². The summed E-state index contributed by atoms with van der Waals surface area (Å²) in [6.07, 6.45) is 0.658. The number of benzene rings is 1. The van der Waals surface area contributed by atoms with E-state index in [4.69, 9.17) is 5.11 Å². The fourth-order valence-corrected chi connectivity index (χ4v) is 4.22. The summed E-state index contributed by atoms with van der Waals surface area (Å²) in [7, 11) is -3.88. The van der Waals surface area contributed by atoms with Crippen molar-refractivity contribution >= 4 is 37.8 Å². The van der Waals surface area contributed by atoms with Gasteiger partial charge < -0.3 is 10.4 Å². The van der Waals surface area contributed by atoms with Crippen molar-refractivity contribution < 1.29 is 23.1 Å². The Hall–Kier alpha value is -1.45. The molecule has 1 saturated heterocycles. The van der Waals surface area contributed by atoms with Crippen molar-refractivity contribution in [2.45, 2.75) is 23.8 Å². The molecule has 0 saturated carbocycles. The first-order valence-corrected chi connectivity index (χ1v) is 8.39. The van der Waals surface area contributed by atoms with E-state index in [-0.39, 0.29) is 33.8 Å². The van der Waals surface area contributed by atoms with Crippen LogP contribution in [-0.4, -0.2) is 38.0 Å². The van der Waals surface area contributed by atoms with Crippen LogP contribution in [0.15, 0.2) is 27.6 Å². The highest BCUT2D eigenvalue weighted by atomic mass is 79.9. The largest absolute Gasteiger partial charge is 0.478 e. The highest BCUT2D eigenvalue weighted by Gasteiger charge is 2.26. The molecule has 0 aliphatic carbocycles. The Bertz CT molecular complexity index is 679. The van der Waals surface area contributed by atoms with E-state index in [0.717, 1.165) is 6.07 Å². The van der Waals surface area contributed by atoms with Crippen LogP contribution in [0.3, 0.4) is 0 Å². The van der Waals surface area contributed by atoms with E-state index in [0.29, 0.717) is 6.42 Å². The molecule has 9 heteroatoms. The lowest BCUT2D eigenvalue weighted by Gasteiger charge is -2.23. The number of amides is 1. The normalized spacial score (nSPS) is 19.1. The van der Waals surface area contributed by atoms with Gasteiger partial charge in [-0.2, -0.15) is 0 Å². The van der Waals surface area contributed by atoms with Gasteiger partial charge in [0.2, 0.25) is 15.9 Å². The van der Waals surface area contributed by atoms with Gasteiger partial charge in [-0.1, -0.05) is 0 Å². The predicted octanol–water partition coefficient (Wildman–Crippen LogP) is 0.704. The number of piperidine rings is 1. The summed E-state index contributed by atoms with van der Waals surface area (Å²) in [6.45, 7) is 0.217. The average molecular weight is 377 g/mol. The fourth-order valence-electron chi connectivity index (χ4n) is 1.96. The van der Waals surface area contributed by atoms with Gasteiger partial charge in [0.1, 0.15) is 0 Å². The summed E-state index contributed by atoms with van der Waals surface area (Å²) in [4.78, 5) is 21.9. The molecule has 1 aliphatic rings. The third-order valence-corrected chi connectivity index (χ3v) is 5.57. The molecule has 1 unspecified atom stereocenters. The second-order valence-corrected chi connectivity index (χ2v) is 7.15. The summed E-state index contributed by atoms with van der Waals surface area (Å²) < 4.78 is 27.4. The summed E-state index contributed by atoms with van der Waals surface area (Å²) in [5.74, 6) is -1.32. The number of rotatable bonds is 4. The smallest absolute Gasteiger partial charge is 0.335 e. The quantitative estimate of drug-likeness (QED) is 0.715. The molecule has 114 valence electrons. The first kappa shape index (κ1) is 15.9. The molecule has 1 atom stereocenters. The minimum atomic E-state index is -3.88. The molecule has 0 spiro atoms. The van der Waals surface area contributed by atoms with Crippen LogP contribution in [0.4, 0.5) is 0 Å². The van der Waals surface area contributed by atoms with Gasteiger partial charge in [-0.25, -0.2) is 17.9 Å². The number of carbonyl (C=O) groups excluding carboxylic acids is 1. The first-order chi connectivity index (χ1) is 9.79.